The number of nitrogens with zero attached hydrogens (tertiary/aromatic N) is 1. The Balaban J connectivity index is 1.82. The van der Waals surface area contributed by atoms with E-state index in [1.165, 1.54) is 4.90 Å². The first-order valence-corrected chi connectivity index (χ1v) is 11.3. The Bertz CT molecular complexity index is 1080. The number of hydrogen-bond donors (Lipinski definition) is 1. The molecule has 0 bridgehead atoms. The van der Waals surface area contributed by atoms with Crippen LogP contribution >= 0.6 is 0 Å². The van der Waals surface area contributed by atoms with Crippen LogP contribution < -0.4 is 14.8 Å². The monoisotopic (exact) mass is 436 g/mol. The molecule has 1 N–H and O–H groups in total. The molecular formula is C25H28N2O5. The van der Waals surface area contributed by atoms with Gasteiger partial charge in [-0.25, -0.2) is 4.79 Å². The summed E-state index contributed by atoms with van der Waals surface area (Å²) >= 11 is 0. The molecule has 4 rings (SSSR count). The molecule has 0 unspecified atom stereocenters. The molecular weight excluding hydrogens is 408 g/mol. The third-order valence-electron chi connectivity index (χ3n) is 5.97. The zero-order valence-corrected chi connectivity index (χ0v) is 18.5. The van der Waals surface area contributed by atoms with Gasteiger partial charge in [-0.3, -0.25) is 19.8 Å². The fourth-order valence-corrected chi connectivity index (χ4v) is 4.47. The molecule has 0 aromatic heterocycles. The van der Waals surface area contributed by atoms with Crippen molar-refractivity contribution >= 4 is 34.7 Å². The van der Waals surface area contributed by atoms with E-state index in [4.69, 9.17) is 9.47 Å². The maximum atomic E-state index is 13.3. The third-order valence-corrected chi connectivity index (χ3v) is 5.97. The fourth-order valence-electron chi connectivity index (χ4n) is 4.47. The molecule has 1 saturated heterocycles. The number of nitrogens with one attached hydrogen (secondary N) is 1. The molecule has 0 atom stereocenters. The summed E-state index contributed by atoms with van der Waals surface area (Å²) in [5.41, 5.74) is 0.549. The highest BCUT2D eigenvalue weighted by molar-refractivity contribution is 6.31. The smallest absolute Gasteiger partial charge is 0.331 e. The second-order valence-corrected chi connectivity index (χ2v) is 8.01. The average Bonchev–Trinajstić information content (AvgIpc) is 2.78. The number of ether oxygens (including phenoxy) is 2. The Morgan fingerprint density at radius 3 is 2.44 bits per heavy atom. The summed E-state index contributed by atoms with van der Waals surface area (Å²) in [6.45, 7) is 4.73. The van der Waals surface area contributed by atoms with Gasteiger partial charge >= 0.3 is 6.03 Å². The standard InChI is InChI=1S/C25H28N2O5/c1-3-31-18-12-10-16-11-13-22(32-4-2)20(19(16)14-18)15-21-23(28)26-25(30)27(24(21)29)17-8-6-5-7-9-17/h10-15,17H,3-9H2,1-2H3,(H,26,28,30)/b21-15-. The minimum absolute atomic E-state index is 0.0644. The number of rotatable bonds is 6. The molecule has 1 aliphatic heterocycles. The van der Waals surface area contributed by atoms with Gasteiger partial charge in [-0.1, -0.05) is 31.4 Å². The van der Waals surface area contributed by atoms with Gasteiger partial charge in [0.05, 0.1) is 13.2 Å². The number of carbonyl (C=O) groups is 3. The van der Waals surface area contributed by atoms with Crippen molar-refractivity contribution in [3.8, 4) is 11.5 Å². The highest BCUT2D eigenvalue weighted by Gasteiger charge is 2.40. The van der Waals surface area contributed by atoms with Crippen molar-refractivity contribution in [2.45, 2.75) is 52.0 Å². The predicted octanol–water partition coefficient (Wildman–Crippen LogP) is 4.43. The summed E-state index contributed by atoms with van der Waals surface area (Å²) in [7, 11) is 0. The first-order chi connectivity index (χ1) is 15.5. The summed E-state index contributed by atoms with van der Waals surface area (Å²) in [6, 6.07) is 8.63. The number of carbonyl (C=O) groups excluding carboxylic acids is 3. The summed E-state index contributed by atoms with van der Waals surface area (Å²) in [4.78, 5) is 39.8. The first-order valence-electron chi connectivity index (χ1n) is 11.3. The third kappa shape index (κ3) is 4.20. The van der Waals surface area contributed by atoms with Crippen LogP contribution in [0.1, 0.15) is 51.5 Å². The Morgan fingerprint density at radius 2 is 1.72 bits per heavy atom. The van der Waals surface area contributed by atoms with Crippen LogP contribution in [0.15, 0.2) is 35.9 Å². The zero-order chi connectivity index (χ0) is 22.7. The molecule has 7 nitrogen and oxygen atoms in total. The number of fused-ring (bicyclic) bond motifs is 1. The lowest BCUT2D eigenvalue weighted by Crippen LogP contribution is -2.58. The fraction of sp³-hybridized carbons (Fsp3) is 0.400. The average molecular weight is 437 g/mol. The molecule has 32 heavy (non-hydrogen) atoms. The molecule has 2 aromatic rings. The van der Waals surface area contributed by atoms with Gasteiger partial charge in [0.25, 0.3) is 11.8 Å². The molecule has 2 fully saturated rings. The van der Waals surface area contributed by atoms with E-state index in [0.717, 1.165) is 42.9 Å². The second-order valence-electron chi connectivity index (χ2n) is 8.01. The van der Waals surface area contributed by atoms with Crippen molar-refractivity contribution in [3.63, 3.8) is 0 Å². The van der Waals surface area contributed by atoms with Crippen LogP contribution in [-0.4, -0.2) is 42.0 Å². The van der Waals surface area contributed by atoms with Gasteiger partial charge in [-0.15, -0.1) is 0 Å². The van der Waals surface area contributed by atoms with Gasteiger partial charge < -0.3 is 9.47 Å². The van der Waals surface area contributed by atoms with Gasteiger partial charge in [0.1, 0.15) is 17.1 Å². The first kappa shape index (κ1) is 21.9. The van der Waals surface area contributed by atoms with Crippen LogP contribution in [-0.2, 0) is 9.59 Å². The predicted molar refractivity (Wildman–Crippen MR) is 122 cm³/mol. The van der Waals surface area contributed by atoms with Crippen LogP contribution in [0.2, 0.25) is 0 Å². The molecule has 2 aliphatic rings. The van der Waals surface area contributed by atoms with Crippen molar-refractivity contribution in [1.29, 1.82) is 0 Å². The molecule has 168 valence electrons. The molecule has 4 amide bonds. The summed E-state index contributed by atoms with van der Waals surface area (Å²) in [6.07, 6.45) is 6.09. The van der Waals surface area contributed by atoms with Crippen molar-refractivity contribution < 1.29 is 23.9 Å². The number of hydrogen-bond acceptors (Lipinski definition) is 5. The number of amides is 4. The van der Waals surface area contributed by atoms with Crippen molar-refractivity contribution in [1.82, 2.24) is 10.2 Å². The molecule has 0 radical (unpaired) electrons. The zero-order valence-electron chi connectivity index (χ0n) is 18.5. The quantitative estimate of drug-likeness (QED) is 0.535. The van der Waals surface area contributed by atoms with Gasteiger partial charge in [0, 0.05) is 11.6 Å². The van der Waals surface area contributed by atoms with Crippen LogP contribution in [0.4, 0.5) is 4.79 Å². The van der Waals surface area contributed by atoms with E-state index in [0.29, 0.717) is 30.3 Å². The normalized spacial score (nSPS) is 18.9. The van der Waals surface area contributed by atoms with E-state index < -0.39 is 17.8 Å². The lowest BCUT2D eigenvalue weighted by Gasteiger charge is -2.35. The van der Waals surface area contributed by atoms with E-state index in [2.05, 4.69) is 5.32 Å². The minimum atomic E-state index is -0.688. The highest BCUT2D eigenvalue weighted by Crippen LogP contribution is 2.34. The van der Waals surface area contributed by atoms with Crippen molar-refractivity contribution in [3.05, 3.63) is 41.5 Å². The largest absolute Gasteiger partial charge is 0.494 e. The lowest BCUT2D eigenvalue weighted by atomic mass is 9.93. The lowest BCUT2D eigenvalue weighted by molar-refractivity contribution is -0.132. The number of imide groups is 2. The summed E-state index contributed by atoms with van der Waals surface area (Å²) in [5, 5.41) is 4.08. The maximum absolute atomic E-state index is 13.3. The summed E-state index contributed by atoms with van der Waals surface area (Å²) in [5.74, 6) is 0.00753. The van der Waals surface area contributed by atoms with Crippen LogP contribution in [0.5, 0.6) is 11.5 Å². The van der Waals surface area contributed by atoms with E-state index in [9.17, 15) is 14.4 Å². The molecule has 1 saturated carbocycles. The van der Waals surface area contributed by atoms with Gasteiger partial charge in [0.2, 0.25) is 0 Å². The van der Waals surface area contributed by atoms with E-state index in [-0.39, 0.29) is 11.6 Å². The number of benzene rings is 2. The molecule has 0 spiro atoms. The van der Waals surface area contributed by atoms with E-state index in [1.54, 1.807) is 6.08 Å². The Kier molecular flexibility index (Phi) is 6.44. The highest BCUT2D eigenvalue weighted by atomic mass is 16.5. The van der Waals surface area contributed by atoms with Crippen LogP contribution in [0.25, 0.3) is 16.8 Å². The van der Waals surface area contributed by atoms with Crippen LogP contribution in [0.3, 0.4) is 0 Å². The molecule has 2 aromatic carbocycles. The maximum Gasteiger partial charge on any atom is 0.331 e. The van der Waals surface area contributed by atoms with Crippen molar-refractivity contribution in [2.24, 2.45) is 0 Å². The van der Waals surface area contributed by atoms with Crippen LogP contribution in [0, 0.1) is 0 Å². The summed E-state index contributed by atoms with van der Waals surface area (Å²) < 4.78 is 11.5. The Labute approximate surface area is 187 Å². The number of urea groups is 1. The van der Waals surface area contributed by atoms with E-state index >= 15 is 0 Å². The number of barbiturate groups is 1. The van der Waals surface area contributed by atoms with Gasteiger partial charge in [0.15, 0.2) is 0 Å². The molecule has 1 aliphatic carbocycles. The second kappa shape index (κ2) is 9.42. The topological polar surface area (TPSA) is 84.9 Å². The van der Waals surface area contributed by atoms with E-state index in [1.807, 2.05) is 44.2 Å². The van der Waals surface area contributed by atoms with Crippen molar-refractivity contribution in [2.75, 3.05) is 13.2 Å². The SMILES string of the molecule is CCOc1ccc2ccc(OCC)c(/C=C3/C(=O)NC(=O)N(C4CCCCC4)C3=O)c2c1. The van der Waals surface area contributed by atoms with Gasteiger partial charge in [-0.05, 0) is 61.7 Å². The minimum Gasteiger partial charge on any atom is -0.494 e. The van der Waals surface area contributed by atoms with Gasteiger partial charge in [-0.2, -0.15) is 0 Å². The molecule has 7 heteroatoms. The Hall–Kier alpha value is -3.35. The molecule has 1 heterocycles. The Morgan fingerprint density at radius 1 is 1.00 bits per heavy atom.